The summed E-state index contributed by atoms with van der Waals surface area (Å²) in [5.74, 6) is 1.63. The summed E-state index contributed by atoms with van der Waals surface area (Å²) < 4.78 is 0. The second kappa shape index (κ2) is 13.2. The van der Waals surface area contributed by atoms with E-state index in [1.165, 1.54) is 77.8 Å². The number of alkyl halides is 2. The van der Waals surface area contributed by atoms with Gasteiger partial charge in [0.1, 0.15) is 0 Å². The zero-order valence-electron chi connectivity index (χ0n) is 13.0. The minimum Gasteiger partial charge on any atom is -0.303 e. The fourth-order valence-electron chi connectivity index (χ4n) is 2.93. The quantitative estimate of drug-likeness (QED) is 0.676. The Morgan fingerprint density at radius 1 is 0.550 bits per heavy atom. The SMILES string of the molecule is ClCCCN1CCCCC1.ClCCCN1CCCCC1. The minimum atomic E-state index is 0.816. The molecule has 0 aromatic rings. The van der Waals surface area contributed by atoms with E-state index >= 15 is 0 Å². The Bertz CT molecular complexity index is 181. The maximum atomic E-state index is 5.59. The molecule has 0 unspecified atom stereocenters. The average Bonchev–Trinajstić information content (AvgIpc) is 2.53. The molecule has 0 bridgehead atoms. The molecule has 0 radical (unpaired) electrons. The maximum Gasteiger partial charge on any atom is 0.0235 e. The molecule has 20 heavy (non-hydrogen) atoms. The van der Waals surface area contributed by atoms with Crippen LogP contribution < -0.4 is 0 Å². The van der Waals surface area contributed by atoms with E-state index in [1.54, 1.807) is 0 Å². The Kier molecular flexibility index (Phi) is 12.2. The van der Waals surface area contributed by atoms with Gasteiger partial charge in [0.2, 0.25) is 0 Å². The van der Waals surface area contributed by atoms with Gasteiger partial charge in [-0.15, -0.1) is 23.2 Å². The molecule has 0 spiro atoms. The first-order valence-electron chi connectivity index (χ1n) is 8.43. The summed E-state index contributed by atoms with van der Waals surface area (Å²) in [7, 11) is 0. The highest BCUT2D eigenvalue weighted by Gasteiger charge is 2.08. The molecular formula is C16H32Cl2N2. The van der Waals surface area contributed by atoms with Crippen LogP contribution in [0.3, 0.4) is 0 Å². The van der Waals surface area contributed by atoms with Crippen LogP contribution in [0.4, 0.5) is 0 Å². The van der Waals surface area contributed by atoms with Gasteiger partial charge < -0.3 is 9.80 Å². The number of nitrogens with zero attached hydrogens (tertiary/aromatic N) is 2. The van der Waals surface area contributed by atoms with Gasteiger partial charge in [-0.2, -0.15) is 0 Å². The van der Waals surface area contributed by atoms with Gasteiger partial charge in [0.25, 0.3) is 0 Å². The van der Waals surface area contributed by atoms with E-state index in [2.05, 4.69) is 9.80 Å². The van der Waals surface area contributed by atoms with E-state index in [0.717, 1.165) is 24.6 Å². The number of piperidine rings is 2. The van der Waals surface area contributed by atoms with Gasteiger partial charge in [0.05, 0.1) is 0 Å². The van der Waals surface area contributed by atoms with Crippen molar-refractivity contribution in [1.29, 1.82) is 0 Å². The van der Waals surface area contributed by atoms with Crippen molar-refractivity contribution in [1.82, 2.24) is 9.80 Å². The molecule has 2 fully saturated rings. The Hall–Kier alpha value is 0.500. The van der Waals surface area contributed by atoms with Crippen molar-refractivity contribution >= 4 is 23.2 Å². The van der Waals surface area contributed by atoms with Gasteiger partial charge in [-0.05, 0) is 77.8 Å². The predicted octanol–water partition coefficient (Wildman–Crippen LogP) is 4.20. The molecule has 2 heterocycles. The van der Waals surface area contributed by atoms with Crippen LogP contribution in [0.15, 0.2) is 0 Å². The van der Waals surface area contributed by atoms with Crippen LogP contribution in [0.25, 0.3) is 0 Å². The van der Waals surface area contributed by atoms with E-state index in [-0.39, 0.29) is 0 Å². The zero-order chi connectivity index (χ0) is 14.5. The topological polar surface area (TPSA) is 6.48 Å². The van der Waals surface area contributed by atoms with Crippen LogP contribution in [-0.4, -0.2) is 60.8 Å². The molecule has 2 rings (SSSR count). The number of rotatable bonds is 6. The van der Waals surface area contributed by atoms with E-state index in [1.807, 2.05) is 0 Å². The minimum absolute atomic E-state index is 0.816. The third-order valence-electron chi connectivity index (χ3n) is 4.11. The van der Waals surface area contributed by atoms with Gasteiger partial charge in [0, 0.05) is 11.8 Å². The monoisotopic (exact) mass is 322 g/mol. The molecule has 0 N–H and O–H groups in total. The lowest BCUT2D eigenvalue weighted by Gasteiger charge is -2.25. The number of hydrogen-bond acceptors (Lipinski definition) is 2. The summed E-state index contributed by atoms with van der Waals surface area (Å²) in [6.07, 6.45) is 10.7. The Labute approximate surface area is 135 Å². The summed E-state index contributed by atoms with van der Waals surface area (Å²) >= 11 is 11.2. The molecule has 0 aromatic heterocycles. The average molecular weight is 323 g/mol. The zero-order valence-corrected chi connectivity index (χ0v) is 14.5. The molecule has 0 aliphatic carbocycles. The third kappa shape index (κ3) is 9.44. The molecule has 0 amide bonds. The number of halogens is 2. The summed E-state index contributed by atoms with van der Waals surface area (Å²) in [6.45, 7) is 7.63. The first-order chi connectivity index (χ1) is 9.86. The molecule has 0 aromatic carbocycles. The van der Waals surface area contributed by atoms with Gasteiger partial charge in [0.15, 0.2) is 0 Å². The summed E-state index contributed by atoms with van der Waals surface area (Å²) in [4.78, 5) is 5.04. The Morgan fingerprint density at radius 2 is 0.900 bits per heavy atom. The molecule has 2 nitrogen and oxygen atoms in total. The van der Waals surface area contributed by atoms with Crippen LogP contribution in [-0.2, 0) is 0 Å². The molecule has 4 heteroatoms. The van der Waals surface area contributed by atoms with Crippen molar-refractivity contribution < 1.29 is 0 Å². The second-order valence-corrected chi connectivity index (χ2v) is 6.65. The largest absolute Gasteiger partial charge is 0.303 e. The van der Waals surface area contributed by atoms with Crippen molar-refractivity contribution in [2.75, 3.05) is 51.0 Å². The molecule has 0 saturated carbocycles. The molecular weight excluding hydrogens is 291 g/mol. The van der Waals surface area contributed by atoms with Gasteiger partial charge >= 0.3 is 0 Å². The van der Waals surface area contributed by atoms with E-state index in [0.29, 0.717) is 0 Å². The van der Waals surface area contributed by atoms with E-state index < -0.39 is 0 Å². The standard InChI is InChI=1S/2C8H16ClN/c2*9-5-4-8-10-6-2-1-3-7-10/h2*1-8H2. The lowest BCUT2D eigenvalue weighted by Crippen LogP contribution is -2.30. The van der Waals surface area contributed by atoms with Crippen LogP contribution >= 0.6 is 23.2 Å². The lowest BCUT2D eigenvalue weighted by molar-refractivity contribution is 0.230. The highest BCUT2D eigenvalue weighted by molar-refractivity contribution is 6.18. The number of hydrogen-bond donors (Lipinski definition) is 0. The normalized spacial score (nSPS) is 21.3. The fraction of sp³-hybridized carbons (Fsp3) is 1.00. The van der Waals surface area contributed by atoms with Crippen LogP contribution in [0, 0.1) is 0 Å². The predicted molar refractivity (Wildman–Crippen MR) is 91.3 cm³/mol. The van der Waals surface area contributed by atoms with Gasteiger partial charge in [-0.3, -0.25) is 0 Å². The van der Waals surface area contributed by atoms with Crippen LogP contribution in [0.5, 0.6) is 0 Å². The van der Waals surface area contributed by atoms with Gasteiger partial charge in [-0.25, -0.2) is 0 Å². The third-order valence-corrected chi connectivity index (χ3v) is 4.65. The van der Waals surface area contributed by atoms with Crippen molar-refractivity contribution in [3.8, 4) is 0 Å². The Morgan fingerprint density at radius 3 is 1.20 bits per heavy atom. The van der Waals surface area contributed by atoms with Crippen LogP contribution in [0.1, 0.15) is 51.4 Å². The first-order valence-corrected chi connectivity index (χ1v) is 9.50. The molecule has 2 aliphatic rings. The smallest absolute Gasteiger partial charge is 0.0235 e. The van der Waals surface area contributed by atoms with Gasteiger partial charge in [-0.1, -0.05) is 12.8 Å². The highest BCUT2D eigenvalue weighted by Crippen LogP contribution is 2.09. The molecule has 120 valence electrons. The highest BCUT2D eigenvalue weighted by atomic mass is 35.5. The van der Waals surface area contributed by atoms with Crippen molar-refractivity contribution in [2.24, 2.45) is 0 Å². The molecule has 2 saturated heterocycles. The first kappa shape index (κ1) is 18.5. The van der Waals surface area contributed by atoms with E-state index in [9.17, 15) is 0 Å². The lowest BCUT2D eigenvalue weighted by atomic mass is 10.1. The van der Waals surface area contributed by atoms with Crippen molar-refractivity contribution in [3.63, 3.8) is 0 Å². The summed E-state index contributed by atoms with van der Waals surface area (Å²) in [6, 6.07) is 0. The second-order valence-electron chi connectivity index (χ2n) is 5.89. The molecule has 2 aliphatic heterocycles. The maximum absolute atomic E-state index is 5.59. The summed E-state index contributed by atoms with van der Waals surface area (Å²) in [5.41, 5.74) is 0. The van der Waals surface area contributed by atoms with Crippen molar-refractivity contribution in [3.05, 3.63) is 0 Å². The molecule has 0 atom stereocenters. The summed E-state index contributed by atoms with van der Waals surface area (Å²) in [5, 5.41) is 0. The number of likely N-dealkylation sites (tertiary alicyclic amines) is 2. The van der Waals surface area contributed by atoms with Crippen molar-refractivity contribution in [2.45, 2.75) is 51.4 Å². The fourth-order valence-corrected chi connectivity index (χ4v) is 3.17. The Balaban J connectivity index is 0.000000200. The van der Waals surface area contributed by atoms with Crippen LogP contribution in [0.2, 0.25) is 0 Å². The van der Waals surface area contributed by atoms with E-state index in [4.69, 9.17) is 23.2 Å².